The van der Waals surface area contributed by atoms with Crippen molar-refractivity contribution in [3.8, 4) is 0 Å². The second-order valence-corrected chi connectivity index (χ2v) is 7.94. The number of anilines is 3. The van der Waals surface area contributed by atoms with E-state index in [0.29, 0.717) is 24.5 Å². The molecule has 1 aliphatic heterocycles. The van der Waals surface area contributed by atoms with Gasteiger partial charge in [0.2, 0.25) is 0 Å². The third kappa shape index (κ3) is 3.99. The van der Waals surface area contributed by atoms with Crippen LogP contribution in [-0.2, 0) is 13.1 Å². The van der Waals surface area contributed by atoms with Gasteiger partial charge in [0.05, 0.1) is 27.4 Å². The van der Waals surface area contributed by atoms with Crippen molar-refractivity contribution in [2.45, 2.75) is 39.8 Å². The number of fused-ring (bicyclic) bond motifs is 1. The van der Waals surface area contributed by atoms with Gasteiger partial charge < -0.3 is 15.5 Å². The molecule has 0 aliphatic carbocycles. The fourth-order valence-corrected chi connectivity index (χ4v) is 4.32. The number of aromatic nitrogens is 2. The summed E-state index contributed by atoms with van der Waals surface area (Å²) in [4.78, 5) is 27.7. The number of aryl methyl sites for hydroxylation is 2. The highest BCUT2D eigenvalue weighted by Gasteiger charge is 2.21. The summed E-state index contributed by atoms with van der Waals surface area (Å²) in [6.45, 7) is 6.75. The predicted molar refractivity (Wildman–Crippen MR) is 123 cm³/mol. The van der Waals surface area contributed by atoms with Crippen molar-refractivity contribution in [1.29, 1.82) is 0 Å². The molecule has 31 heavy (non-hydrogen) atoms. The van der Waals surface area contributed by atoms with Crippen LogP contribution in [0.4, 0.5) is 26.2 Å². The molecule has 2 aromatic carbocycles. The minimum Gasteiger partial charge on any atom is -0.370 e. The fourth-order valence-electron chi connectivity index (χ4n) is 4.14. The van der Waals surface area contributed by atoms with E-state index in [-0.39, 0.29) is 10.7 Å². The first-order chi connectivity index (χ1) is 14.9. The van der Waals surface area contributed by atoms with Crippen LogP contribution in [-0.4, -0.2) is 28.3 Å². The lowest BCUT2D eigenvalue weighted by Crippen LogP contribution is -2.24. The molecular formula is C22H25ClFN5O2. The number of urea groups is 1. The van der Waals surface area contributed by atoms with Crippen LogP contribution in [0, 0.1) is 5.82 Å². The molecule has 0 radical (unpaired) electrons. The van der Waals surface area contributed by atoms with Crippen molar-refractivity contribution in [2.75, 3.05) is 28.6 Å². The van der Waals surface area contributed by atoms with Crippen LogP contribution >= 0.6 is 11.6 Å². The minimum absolute atomic E-state index is 0.0603. The van der Waals surface area contributed by atoms with Crippen molar-refractivity contribution in [3.05, 3.63) is 51.7 Å². The van der Waals surface area contributed by atoms with Crippen LogP contribution in [0.1, 0.15) is 26.7 Å². The van der Waals surface area contributed by atoms with E-state index in [1.54, 1.807) is 9.13 Å². The Morgan fingerprint density at radius 3 is 2.29 bits per heavy atom. The Hall–Kier alpha value is -3.00. The van der Waals surface area contributed by atoms with Gasteiger partial charge in [0.1, 0.15) is 5.82 Å². The van der Waals surface area contributed by atoms with E-state index < -0.39 is 11.8 Å². The molecule has 1 fully saturated rings. The number of nitrogens with zero attached hydrogens (tertiary/aromatic N) is 3. The lowest BCUT2D eigenvalue weighted by atomic mass is 10.2. The molecule has 0 spiro atoms. The average Bonchev–Trinajstić information content (AvgIpc) is 3.35. The smallest absolute Gasteiger partial charge is 0.329 e. The van der Waals surface area contributed by atoms with Crippen LogP contribution in [0.5, 0.6) is 0 Å². The second-order valence-electron chi connectivity index (χ2n) is 7.53. The highest BCUT2D eigenvalue weighted by molar-refractivity contribution is 6.31. The Balaban J connectivity index is 1.73. The number of benzene rings is 2. The topological polar surface area (TPSA) is 71.3 Å². The number of carbonyl (C=O) groups is 1. The third-order valence-corrected chi connectivity index (χ3v) is 5.93. The molecule has 7 nitrogen and oxygen atoms in total. The number of rotatable bonds is 5. The van der Waals surface area contributed by atoms with Crippen molar-refractivity contribution in [1.82, 2.24) is 9.13 Å². The number of amides is 2. The first kappa shape index (κ1) is 21.2. The van der Waals surface area contributed by atoms with Gasteiger partial charge in [0.15, 0.2) is 0 Å². The van der Waals surface area contributed by atoms with E-state index >= 15 is 0 Å². The molecule has 9 heteroatoms. The van der Waals surface area contributed by atoms with Crippen LogP contribution in [0.15, 0.2) is 35.1 Å². The Kier molecular flexibility index (Phi) is 5.91. The third-order valence-electron chi connectivity index (χ3n) is 5.64. The molecule has 2 N–H and O–H groups in total. The summed E-state index contributed by atoms with van der Waals surface area (Å²) in [6.07, 6.45) is 2.16. The van der Waals surface area contributed by atoms with Crippen molar-refractivity contribution < 1.29 is 9.18 Å². The maximum atomic E-state index is 13.4. The van der Waals surface area contributed by atoms with Crippen LogP contribution in [0.25, 0.3) is 11.0 Å². The summed E-state index contributed by atoms with van der Waals surface area (Å²) < 4.78 is 16.9. The first-order valence-corrected chi connectivity index (χ1v) is 10.9. The van der Waals surface area contributed by atoms with E-state index in [9.17, 15) is 14.0 Å². The maximum Gasteiger partial charge on any atom is 0.329 e. The van der Waals surface area contributed by atoms with Gasteiger partial charge in [-0.1, -0.05) is 11.6 Å². The number of halogens is 2. The van der Waals surface area contributed by atoms with E-state index in [2.05, 4.69) is 15.5 Å². The molecule has 164 valence electrons. The SMILES string of the molecule is CCn1c(=O)n(CC)c2cc(N3CCCC3)c(NC(=O)Nc3ccc(F)c(Cl)c3)cc21. The standard InChI is InChI=1S/C22H25ClFN5O2/c1-3-28-19-12-17(26-21(30)25-14-7-8-16(24)15(23)11-14)18(27-9-5-6-10-27)13-20(19)29(4-2)22(28)31/h7-8,11-13H,3-6,9-10H2,1-2H3,(H2,25,26,30). The number of nitrogens with one attached hydrogen (secondary N) is 2. The molecule has 0 bridgehead atoms. The molecule has 0 unspecified atom stereocenters. The second kappa shape index (κ2) is 8.63. The highest BCUT2D eigenvalue weighted by Crippen LogP contribution is 2.33. The average molecular weight is 446 g/mol. The monoisotopic (exact) mass is 445 g/mol. The summed E-state index contributed by atoms with van der Waals surface area (Å²) in [7, 11) is 0. The molecule has 1 aromatic heterocycles. The Morgan fingerprint density at radius 2 is 1.68 bits per heavy atom. The summed E-state index contributed by atoms with van der Waals surface area (Å²) in [5.41, 5.74) is 3.46. The van der Waals surface area contributed by atoms with Gasteiger partial charge in [-0.25, -0.2) is 14.0 Å². The van der Waals surface area contributed by atoms with Crippen LogP contribution in [0.3, 0.4) is 0 Å². The van der Waals surface area contributed by atoms with E-state index in [4.69, 9.17) is 11.6 Å². The lowest BCUT2D eigenvalue weighted by molar-refractivity contribution is 0.262. The molecule has 4 rings (SSSR count). The summed E-state index contributed by atoms with van der Waals surface area (Å²) in [5.74, 6) is -0.549. The predicted octanol–water partition coefficient (Wildman–Crippen LogP) is 4.88. The lowest BCUT2D eigenvalue weighted by Gasteiger charge is -2.22. The largest absolute Gasteiger partial charge is 0.370 e. The van der Waals surface area contributed by atoms with Crippen LogP contribution < -0.4 is 21.2 Å². The Morgan fingerprint density at radius 1 is 1.03 bits per heavy atom. The van der Waals surface area contributed by atoms with Gasteiger partial charge in [-0.2, -0.15) is 0 Å². The normalized spacial score (nSPS) is 13.7. The molecule has 2 amide bonds. The molecule has 0 saturated carbocycles. The first-order valence-electron chi connectivity index (χ1n) is 10.5. The molecular weight excluding hydrogens is 421 g/mol. The zero-order valence-electron chi connectivity index (χ0n) is 17.5. The molecule has 1 aliphatic rings. The van der Waals surface area contributed by atoms with Crippen molar-refractivity contribution >= 4 is 45.7 Å². The summed E-state index contributed by atoms with van der Waals surface area (Å²) in [6, 6.07) is 7.38. The molecule has 1 saturated heterocycles. The number of hydrogen-bond donors (Lipinski definition) is 2. The van der Waals surface area contributed by atoms with Crippen molar-refractivity contribution in [2.24, 2.45) is 0 Å². The quantitative estimate of drug-likeness (QED) is 0.588. The fraction of sp³-hybridized carbons (Fsp3) is 0.364. The van der Waals surface area contributed by atoms with Gasteiger partial charge in [0.25, 0.3) is 0 Å². The van der Waals surface area contributed by atoms with Gasteiger partial charge in [0, 0.05) is 31.9 Å². The molecule has 2 heterocycles. The number of carbonyl (C=O) groups excluding carboxylic acids is 1. The van der Waals surface area contributed by atoms with Crippen LogP contribution in [0.2, 0.25) is 5.02 Å². The summed E-state index contributed by atoms with van der Waals surface area (Å²) >= 11 is 5.81. The number of imidazole rings is 1. The minimum atomic E-state index is -0.549. The van der Waals surface area contributed by atoms with Crippen molar-refractivity contribution in [3.63, 3.8) is 0 Å². The van der Waals surface area contributed by atoms with Gasteiger partial charge in [-0.15, -0.1) is 0 Å². The van der Waals surface area contributed by atoms with E-state index in [1.807, 2.05) is 26.0 Å². The Labute approximate surface area is 184 Å². The summed E-state index contributed by atoms with van der Waals surface area (Å²) in [5, 5.41) is 5.53. The maximum absolute atomic E-state index is 13.4. The van der Waals surface area contributed by atoms with Gasteiger partial charge in [-0.05, 0) is 57.0 Å². The number of hydrogen-bond acceptors (Lipinski definition) is 3. The Bertz CT molecular complexity index is 1200. The highest BCUT2D eigenvalue weighted by atomic mass is 35.5. The zero-order valence-corrected chi connectivity index (χ0v) is 18.3. The van der Waals surface area contributed by atoms with Gasteiger partial charge in [-0.3, -0.25) is 9.13 Å². The zero-order chi connectivity index (χ0) is 22.1. The van der Waals surface area contributed by atoms with Gasteiger partial charge >= 0.3 is 11.7 Å². The van der Waals surface area contributed by atoms with E-state index in [1.165, 1.54) is 18.2 Å². The molecule has 0 atom stereocenters. The molecule has 3 aromatic rings. The van der Waals surface area contributed by atoms with E-state index in [0.717, 1.165) is 42.7 Å².